The van der Waals surface area contributed by atoms with Gasteiger partial charge < -0.3 is 79.9 Å². The number of aromatic nitrogens is 6. The first-order valence-electron chi connectivity index (χ1n) is 40.3. The first-order valence-corrected chi connectivity index (χ1v) is 36.4. The second-order valence-corrected chi connectivity index (χ2v) is 29.6. The standard InChI is InChI=1S/C29H41N6O5P.C20H24N4O4.C14H22N4O2.C8H15NO2.4CH4O.CH4/c1-18(2)35(19(3)4)41(38-16-15-30-8)40-24-23-27(39-29(24,7)21(6)33(23)9)34-17-20(5)25(32-28(34)37)31-26(36)22-13-11-10-12-14-22;1-11-10-24(18-14-15(25)20(3,28-18)12(2)23(14)4)19(27)22-16(11)21-17(26)13-8-6-5-7-9-13;1-7-6-18(13(19)16-11(7)15)12-10-8(2)14(4,20-12)9(3)17(10)5;1-5-8(2)7(10)6(4-11-8)9(5)3;4*1-2;/h10-14,17-19,21,23-24,27H,15-16H2,1-7,9H3,(H,31,32,36,37);5-10,12,14-15,18,25H,1-4H3,(H,21,22,26,27);6,8-10,12H,1-5H3,(H2,15,16,19);5-7,10H,4H2,1-3H3;4*2H,1H3;1H4/t21-,23-,24+,27-,29+,41?;12-,14-,15+,18-,20+;8-,9+,10+,12+,14+;5-,6+,7+,8+;;;;;/m1101...../s1/i7D;3D;4D;2D,4T;4*2T;/t3m;4-,5-,6+,7+,8+;;;;;. The van der Waals surface area contributed by atoms with E-state index in [9.17, 15) is 34.2 Å². The number of benzene rings is 2. The van der Waals surface area contributed by atoms with Crippen molar-refractivity contribution >= 4 is 37.8 Å². The Balaban J connectivity index is 0.000000283. The summed E-state index contributed by atoms with van der Waals surface area (Å²) in [5.41, 5.74) is 3.54. The van der Waals surface area contributed by atoms with Gasteiger partial charge in [0.05, 0.1) is 37.7 Å². The molecule has 1 unspecified atom stereocenters. The van der Waals surface area contributed by atoms with E-state index in [1.165, 1.54) is 42.1 Å². The van der Waals surface area contributed by atoms with Crippen LogP contribution in [0, 0.1) is 33.3 Å². The van der Waals surface area contributed by atoms with Gasteiger partial charge in [0.25, 0.3) is 20.3 Å². The summed E-state index contributed by atoms with van der Waals surface area (Å²) >= 11 is 0. The monoisotopic (exact) mass is 1560 g/mol. The lowest BCUT2D eigenvalue weighted by atomic mass is 9.88. The minimum Gasteiger partial charge on any atom is -0.400 e. The molecule has 13 rings (SSSR count). The largest absolute Gasteiger partial charge is 0.400 e. The van der Waals surface area contributed by atoms with Crippen LogP contribution in [0.1, 0.15) is 160 Å². The smallest absolute Gasteiger partial charge is 0.351 e. The predicted octanol–water partition coefficient (Wildman–Crippen LogP) is 5.28. The lowest BCUT2D eigenvalue weighted by molar-refractivity contribution is -0.149. The summed E-state index contributed by atoms with van der Waals surface area (Å²) in [6, 6.07) is 16.4. The third-order valence-electron chi connectivity index (χ3n) is 21.9. The Labute approximate surface area is 655 Å². The van der Waals surface area contributed by atoms with Crippen LogP contribution in [0.3, 0.4) is 0 Å². The third kappa shape index (κ3) is 17.9. The molecule has 109 heavy (non-hydrogen) atoms. The van der Waals surface area contributed by atoms with Crippen molar-refractivity contribution in [2.45, 2.75) is 238 Å². The summed E-state index contributed by atoms with van der Waals surface area (Å²) in [4.78, 5) is 87.1. The molecule has 10 N–H and O–H groups in total. The number of ether oxygens (including phenoxy) is 4. The van der Waals surface area contributed by atoms with Crippen molar-refractivity contribution in [3.8, 4) is 0 Å². The average Bonchev–Trinajstić information content (AvgIpc) is 1.56. The highest BCUT2D eigenvalue weighted by Crippen LogP contribution is 2.58. The number of aliphatic hydroxyl groups is 6. The highest BCUT2D eigenvalue weighted by atomic mass is 31.2. The number of nitrogens with two attached hydrogens (primary N) is 1. The van der Waals surface area contributed by atoms with Crippen LogP contribution in [-0.4, -0.2) is 279 Å². The minimum absolute atomic E-state index is 0. The fourth-order valence-corrected chi connectivity index (χ4v) is 16.9. The van der Waals surface area contributed by atoms with E-state index in [4.69, 9.17) is 52.9 Å². The number of aryl methyl sites for hydroxylation is 3. The lowest BCUT2D eigenvalue weighted by Gasteiger charge is -2.40. The maximum Gasteiger partial charge on any atom is 0.351 e. The molecule has 2 aromatic carbocycles. The van der Waals surface area contributed by atoms with E-state index < -0.39 is 104 Å². The highest BCUT2D eigenvalue weighted by molar-refractivity contribution is 7.44. The van der Waals surface area contributed by atoms with Crippen LogP contribution < -0.4 is 33.4 Å². The molecule has 8 aliphatic heterocycles. The number of nitrogens with one attached hydrogen (secondary N) is 2. The van der Waals surface area contributed by atoms with E-state index in [1.54, 1.807) is 81.0 Å². The van der Waals surface area contributed by atoms with Gasteiger partial charge in [-0.05, 0) is 156 Å². The quantitative estimate of drug-likeness (QED) is 0.0365. The number of carbonyl (C=O) groups is 2. The number of hydrogen-bond donors (Lipinski definition) is 9. The van der Waals surface area contributed by atoms with Gasteiger partial charge in [0.15, 0.2) is 18.7 Å². The Hall–Kier alpha value is -6.94. The van der Waals surface area contributed by atoms with Crippen LogP contribution >= 0.6 is 8.53 Å². The first kappa shape index (κ1) is 78.7. The second-order valence-electron chi connectivity index (χ2n) is 28.2. The number of nitrogen functional groups attached to an aromatic ring is 1. The number of amides is 2. The van der Waals surface area contributed by atoms with E-state index >= 15 is 0 Å². The summed E-state index contributed by atoms with van der Waals surface area (Å²) < 4.78 is 106. The Bertz CT molecular complexity index is 4270. The van der Waals surface area contributed by atoms with E-state index in [1.807, 2.05) is 77.8 Å². The highest BCUT2D eigenvalue weighted by Gasteiger charge is 2.68. The van der Waals surface area contributed by atoms with Gasteiger partial charge >= 0.3 is 17.1 Å². The van der Waals surface area contributed by atoms with Gasteiger partial charge in [0, 0.05) is 122 Å². The van der Waals surface area contributed by atoms with Crippen molar-refractivity contribution in [3.63, 3.8) is 0 Å². The van der Waals surface area contributed by atoms with Crippen LogP contribution in [0.4, 0.5) is 17.5 Å². The number of aliphatic hydroxyl groups excluding tert-OH is 6. The van der Waals surface area contributed by atoms with Crippen molar-refractivity contribution in [1.82, 2.24) is 52.9 Å². The van der Waals surface area contributed by atoms with Crippen molar-refractivity contribution in [2.75, 3.05) is 92.7 Å². The topological polar surface area (TPSA) is 386 Å². The predicted molar refractivity (Wildman–Crippen MR) is 419 cm³/mol. The molecule has 0 spiro atoms. The zero-order valence-corrected chi connectivity index (χ0v) is 66.4. The van der Waals surface area contributed by atoms with Gasteiger partial charge in [-0.15, -0.1) is 0 Å². The zero-order valence-electron chi connectivity index (χ0n) is 74.5. The number of likely N-dealkylation sites (N-methyl/N-ethyl adjacent to an activating group) is 4. The molecule has 33 heteroatoms. The van der Waals surface area contributed by atoms with Crippen molar-refractivity contribution in [3.05, 3.63) is 150 Å². The number of anilines is 3. The average molecular weight is 1560 g/mol. The molecule has 8 aliphatic rings. The maximum absolute atomic E-state index is 13.4. The Morgan fingerprint density at radius 2 is 1.05 bits per heavy atom. The summed E-state index contributed by atoms with van der Waals surface area (Å²) in [6.07, 6.45) is 0.831. The zero-order chi connectivity index (χ0) is 87.8. The molecule has 2 amide bonds. The van der Waals surface area contributed by atoms with Crippen molar-refractivity contribution < 1.29 is 75.1 Å². The van der Waals surface area contributed by atoms with Gasteiger partial charge in [0.1, 0.15) is 59.2 Å². The Morgan fingerprint density at radius 1 is 0.651 bits per heavy atom. The number of fused-ring (bicyclic) bond motifs is 8. The molecule has 5 aromatic rings. The normalized spacial score (nSPS) is 33.4. The molecule has 608 valence electrons. The first-order chi connectivity index (χ1) is 55.3. The number of carbonyl (C=O) groups excluding carboxylic acids is 2. The number of likely N-dealkylation sites (tertiary alicyclic amines) is 4. The molecule has 0 saturated carbocycles. The van der Waals surface area contributed by atoms with Crippen LogP contribution in [0.25, 0.3) is 4.85 Å². The molecule has 8 saturated heterocycles. The van der Waals surface area contributed by atoms with E-state index in [2.05, 4.69) is 107 Å². The van der Waals surface area contributed by atoms with Gasteiger partial charge in [-0.25, -0.2) is 25.6 Å². The summed E-state index contributed by atoms with van der Waals surface area (Å²) in [5, 5.41) is 40.0. The van der Waals surface area contributed by atoms with Gasteiger partial charge in [0.2, 0.25) is 12.3 Å². The molecule has 3 aromatic heterocycles. The third-order valence-corrected chi connectivity index (χ3v) is 24.0. The van der Waals surface area contributed by atoms with Crippen molar-refractivity contribution in [2.24, 2.45) is 5.92 Å². The molecular weight excluding hydrogens is 1430 g/mol. The summed E-state index contributed by atoms with van der Waals surface area (Å²) in [7, 11) is 11.3. The van der Waals surface area contributed by atoms with Crippen LogP contribution in [0.5, 0.6) is 0 Å². The number of hydrogen-bond acceptors (Lipinski definition) is 26. The second kappa shape index (κ2) is 38.5. The van der Waals surface area contributed by atoms with Gasteiger partial charge in [-0.3, -0.25) is 42.9 Å². The minimum atomic E-state index is -1.60. The fourth-order valence-electron chi connectivity index (χ4n) is 15.1. The van der Waals surface area contributed by atoms with E-state index in [0.717, 1.165) is 5.56 Å². The fraction of sp³-hybridized carbons (Fsp3) is 0.645. The van der Waals surface area contributed by atoms with Crippen LogP contribution in [-0.2, 0) is 28.0 Å². The molecule has 11 heterocycles. The summed E-state index contributed by atoms with van der Waals surface area (Å²) in [6.45, 7) is 30.5. The van der Waals surface area contributed by atoms with Crippen LogP contribution in [0.15, 0.2) is 93.6 Å². The van der Waals surface area contributed by atoms with E-state index in [-0.39, 0.29) is 132 Å². The van der Waals surface area contributed by atoms with Gasteiger partial charge in [-0.1, -0.05) is 50.7 Å². The number of rotatable bonds is 15. The SMILES string of the molecule is C.[2H]C[C@@]12O[C@@H](n3cc(C)c(N)nc3=O)[C@@H]([C@@H]1C)N(C)[C@@H]2C.[2H]C[C@@]12O[C@@H](n3cc(C)c(NC(=O)c4ccccc4)nc3=O)[C@@H]([C@@H]1O)N(C)[C@@H]2C.[2H]C[C@@]12O[C@@H](n3cc(C)c(NC(=O)c4ccccc4)nc3=O)[C@@H]([C@@H]1OP(OCC[N+]#[C-])N(C(C)C)C(C)C)N(C)[C@@H]2C.[2H]C[C@@]12O[C@H]([3H])[C@@H]([C@@H]1O)N(C)[C@@H]2C.[3H]OC.[3H]OC.[3H]OC.[3H]OC. The number of morpholine rings is 4. The van der Waals surface area contributed by atoms with Gasteiger partial charge in [-0.2, -0.15) is 15.0 Å². The molecule has 0 radical (unpaired) electrons. The van der Waals surface area contributed by atoms with Crippen LogP contribution in [0.2, 0.25) is 0 Å². The summed E-state index contributed by atoms with van der Waals surface area (Å²) in [5.74, 6) is 0.0851. The van der Waals surface area contributed by atoms with Crippen molar-refractivity contribution in [1.29, 1.82) is 5.72 Å². The Kier molecular flexibility index (Phi) is 27.8. The lowest BCUT2D eigenvalue weighted by Crippen LogP contribution is -2.50. The maximum atomic E-state index is 13.4. The molecule has 8 bridgehead atoms. The molecular formula is C76H122N15O17P. The number of nitrogens with zero attached hydrogens (tertiary/aromatic N) is 12. The molecule has 21 atom stereocenters. The molecule has 0 aliphatic carbocycles. The molecule has 32 nitrogen and oxygen atoms in total. The van der Waals surface area contributed by atoms with E-state index in [0.29, 0.717) is 22.3 Å². The Morgan fingerprint density at radius 3 is 1.48 bits per heavy atom. The molecule has 8 fully saturated rings.